The van der Waals surface area contributed by atoms with Crippen LogP contribution in [0.3, 0.4) is 0 Å². The Kier molecular flexibility index (Phi) is 5.52. The van der Waals surface area contributed by atoms with Gasteiger partial charge in [-0.05, 0) is 35.2 Å². The molecule has 3 rings (SSSR count). The Bertz CT molecular complexity index is 1090. The van der Waals surface area contributed by atoms with Gasteiger partial charge in [-0.15, -0.1) is 0 Å². The molecule has 6 heteroatoms. The molecule has 0 radical (unpaired) electrons. The largest absolute Gasteiger partial charge is 0.324 e. The van der Waals surface area contributed by atoms with E-state index in [0.717, 1.165) is 10.9 Å². The van der Waals surface area contributed by atoms with E-state index in [-0.39, 0.29) is 28.4 Å². The molecule has 0 bridgehead atoms. The van der Waals surface area contributed by atoms with Crippen LogP contribution >= 0.6 is 0 Å². The third-order valence-corrected chi connectivity index (χ3v) is 6.32. The molecule has 0 aliphatic carbocycles. The highest BCUT2D eigenvalue weighted by atomic mass is 32.2. The summed E-state index contributed by atoms with van der Waals surface area (Å²) in [5.41, 5.74) is 2.27. The Balaban J connectivity index is 1.68. The van der Waals surface area contributed by atoms with Crippen LogP contribution in [0.25, 0.3) is 10.9 Å². The number of sulfone groups is 1. The molecule has 1 amide bonds. The second-order valence-electron chi connectivity index (χ2n) is 7.77. The summed E-state index contributed by atoms with van der Waals surface area (Å²) in [6.07, 6.45) is 1.54. The van der Waals surface area contributed by atoms with E-state index in [9.17, 15) is 13.2 Å². The van der Waals surface area contributed by atoms with Crippen molar-refractivity contribution in [1.82, 2.24) is 4.98 Å². The van der Waals surface area contributed by atoms with Gasteiger partial charge in [-0.1, -0.05) is 51.1 Å². The van der Waals surface area contributed by atoms with Crippen LogP contribution < -0.4 is 5.32 Å². The first-order chi connectivity index (χ1) is 13.2. The number of hydrogen-bond acceptors (Lipinski definition) is 4. The predicted molar refractivity (Wildman–Crippen MR) is 112 cm³/mol. The first kappa shape index (κ1) is 20.0. The molecule has 0 aliphatic heterocycles. The minimum atomic E-state index is -3.53. The van der Waals surface area contributed by atoms with Crippen LogP contribution in [0.5, 0.6) is 0 Å². The number of nitrogens with one attached hydrogen (secondary N) is 1. The van der Waals surface area contributed by atoms with Crippen molar-refractivity contribution in [1.29, 1.82) is 0 Å². The highest BCUT2D eigenvalue weighted by Gasteiger charge is 2.19. The molecule has 1 N–H and O–H groups in total. The van der Waals surface area contributed by atoms with E-state index in [2.05, 4.69) is 31.1 Å². The van der Waals surface area contributed by atoms with E-state index < -0.39 is 9.84 Å². The third-order valence-electron chi connectivity index (χ3n) is 4.58. The molecule has 146 valence electrons. The third kappa shape index (κ3) is 4.57. The monoisotopic (exact) mass is 396 g/mol. The number of amides is 1. The van der Waals surface area contributed by atoms with Gasteiger partial charge in [-0.2, -0.15) is 0 Å². The van der Waals surface area contributed by atoms with Crippen LogP contribution in [0.2, 0.25) is 0 Å². The summed E-state index contributed by atoms with van der Waals surface area (Å²) in [6.45, 7) is 6.22. The molecule has 0 atom stereocenters. The number of benzene rings is 2. The lowest BCUT2D eigenvalue weighted by atomic mass is 9.87. The Labute approximate surface area is 165 Å². The number of nitrogens with zero attached hydrogens (tertiary/aromatic N) is 1. The summed E-state index contributed by atoms with van der Waals surface area (Å²) in [5, 5.41) is 3.68. The lowest BCUT2D eigenvalue weighted by molar-refractivity contribution is -0.115. The number of fused-ring (bicyclic) bond motifs is 1. The maximum absolute atomic E-state index is 12.6. The first-order valence-corrected chi connectivity index (χ1v) is 10.8. The van der Waals surface area contributed by atoms with Crippen LogP contribution in [0.4, 0.5) is 5.69 Å². The summed E-state index contributed by atoms with van der Waals surface area (Å²) < 4.78 is 25.1. The van der Waals surface area contributed by atoms with Crippen molar-refractivity contribution in [2.75, 3.05) is 11.1 Å². The molecule has 2 aromatic carbocycles. The number of pyridine rings is 1. The van der Waals surface area contributed by atoms with Gasteiger partial charge in [-0.3, -0.25) is 9.78 Å². The zero-order chi connectivity index (χ0) is 20.4. The second-order valence-corrected chi connectivity index (χ2v) is 9.88. The van der Waals surface area contributed by atoms with Gasteiger partial charge in [0.1, 0.15) is 0 Å². The summed E-state index contributed by atoms with van der Waals surface area (Å²) in [4.78, 5) is 16.8. The molecule has 0 spiro atoms. The normalized spacial score (nSPS) is 12.1. The van der Waals surface area contributed by atoms with Gasteiger partial charge in [0.05, 0.1) is 21.9 Å². The van der Waals surface area contributed by atoms with Gasteiger partial charge in [0.2, 0.25) is 5.91 Å². The van der Waals surface area contributed by atoms with Gasteiger partial charge < -0.3 is 5.32 Å². The fourth-order valence-corrected chi connectivity index (χ4v) is 4.17. The van der Waals surface area contributed by atoms with Crippen molar-refractivity contribution in [3.05, 3.63) is 66.4 Å². The van der Waals surface area contributed by atoms with Gasteiger partial charge >= 0.3 is 0 Å². The average molecular weight is 397 g/mol. The molecule has 1 aromatic heterocycles. The maximum Gasteiger partial charge on any atom is 0.225 e. The molecule has 1 heterocycles. The number of para-hydroxylation sites is 1. The highest BCUT2D eigenvalue weighted by molar-refractivity contribution is 7.91. The maximum atomic E-state index is 12.6. The zero-order valence-corrected chi connectivity index (χ0v) is 17.1. The quantitative estimate of drug-likeness (QED) is 0.696. The Morgan fingerprint density at radius 3 is 2.36 bits per heavy atom. The minimum Gasteiger partial charge on any atom is -0.324 e. The molecule has 0 saturated carbocycles. The molecule has 5 nitrogen and oxygen atoms in total. The summed E-state index contributed by atoms with van der Waals surface area (Å²) in [7, 11) is -3.53. The smallest absolute Gasteiger partial charge is 0.225 e. The van der Waals surface area contributed by atoms with E-state index in [0.29, 0.717) is 11.2 Å². The SMILES string of the molecule is CC(C)(C)c1ccc(S(=O)(=O)CCC(=O)Nc2cccc3cccnc23)cc1. The molecule has 0 saturated heterocycles. The van der Waals surface area contributed by atoms with Crippen molar-refractivity contribution in [3.63, 3.8) is 0 Å². The fourth-order valence-electron chi connectivity index (χ4n) is 2.92. The van der Waals surface area contributed by atoms with Crippen LogP contribution in [0, 0.1) is 0 Å². The van der Waals surface area contributed by atoms with Crippen LogP contribution in [-0.4, -0.2) is 25.1 Å². The molecular weight excluding hydrogens is 372 g/mol. The van der Waals surface area contributed by atoms with Gasteiger partial charge in [0.15, 0.2) is 9.84 Å². The Morgan fingerprint density at radius 1 is 1.00 bits per heavy atom. The predicted octanol–water partition coefficient (Wildman–Crippen LogP) is 4.33. The molecule has 3 aromatic rings. The number of aromatic nitrogens is 1. The number of carbonyl (C=O) groups is 1. The zero-order valence-electron chi connectivity index (χ0n) is 16.3. The number of hydrogen-bond donors (Lipinski definition) is 1. The standard InChI is InChI=1S/C22H24N2O3S/c1-22(2,3)17-9-11-18(12-10-17)28(26,27)15-13-20(25)24-19-8-4-6-16-7-5-14-23-21(16)19/h4-12,14H,13,15H2,1-3H3,(H,24,25). The molecule has 0 aliphatic rings. The van der Waals surface area contributed by atoms with E-state index in [4.69, 9.17) is 0 Å². The molecular formula is C22H24N2O3S. The Hall–Kier alpha value is -2.73. The van der Waals surface area contributed by atoms with Gasteiger partial charge in [0, 0.05) is 18.0 Å². The minimum absolute atomic E-state index is 0.0470. The number of carbonyl (C=O) groups excluding carboxylic acids is 1. The van der Waals surface area contributed by atoms with Crippen LogP contribution in [0.1, 0.15) is 32.8 Å². The van der Waals surface area contributed by atoms with Crippen molar-refractivity contribution in [2.24, 2.45) is 0 Å². The first-order valence-electron chi connectivity index (χ1n) is 9.14. The highest BCUT2D eigenvalue weighted by Crippen LogP contribution is 2.24. The number of anilines is 1. The fraction of sp³-hybridized carbons (Fsp3) is 0.273. The van der Waals surface area contributed by atoms with E-state index in [1.165, 1.54) is 0 Å². The van der Waals surface area contributed by atoms with Crippen LogP contribution in [0.15, 0.2) is 65.7 Å². The summed E-state index contributed by atoms with van der Waals surface area (Å²) in [6, 6.07) is 16.1. The lowest BCUT2D eigenvalue weighted by Gasteiger charge is -2.19. The summed E-state index contributed by atoms with van der Waals surface area (Å²) >= 11 is 0. The molecule has 28 heavy (non-hydrogen) atoms. The number of rotatable bonds is 5. The lowest BCUT2D eigenvalue weighted by Crippen LogP contribution is -2.18. The molecule has 0 unspecified atom stereocenters. The van der Waals surface area contributed by atoms with Crippen molar-refractivity contribution >= 4 is 32.3 Å². The molecule has 0 fully saturated rings. The van der Waals surface area contributed by atoms with Gasteiger partial charge in [-0.25, -0.2) is 8.42 Å². The van der Waals surface area contributed by atoms with E-state index in [1.807, 2.05) is 36.4 Å². The average Bonchev–Trinajstić information content (AvgIpc) is 2.66. The van der Waals surface area contributed by atoms with Gasteiger partial charge in [0.25, 0.3) is 0 Å². The summed E-state index contributed by atoms with van der Waals surface area (Å²) in [5.74, 6) is -0.598. The second kappa shape index (κ2) is 7.72. The van der Waals surface area contributed by atoms with Crippen molar-refractivity contribution in [3.8, 4) is 0 Å². The van der Waals surface area contributed by atoms with Crippen LogP contribution in [-0.2, 0) is 20.0 Å². The van der Waals surface area contributed by atoms with Crippen molar-refractivity contribution < 1.29 is 13.2 Å². The van der Waals surface area contributed by atoms with E-state index in [1.54, 1.807) is 24.4 Å². The Morgan fingerprint density at radius 2 is 1.68 bits per heavy atom. The van der Waals surface area contributed by atoms with E-state index >= 15 is 0 Å². The van der Waals surface area contributed by atoms with Crippen molar-refractivity contribution in [2.45, 2.75) is 37.5 Å². The topological polar surface area (TPSA) is 76.1 Å².